The Morgan fingerprint density at radius 1 is 1.06 bits per heavy atom. The maximum Gasteiger partial charge on any atom is 0.252 e. The Morgan fingerprint density at radius 2 is 1.91 bits per heavy atom. The molecule has 0 saturated heterocycles. The summed E-state index contributed by atoms with van der Waals surface area (Å²) < 4.78 is 3.54. The fourth-order valence-corrected chi connectivity index (χ4v) is 3.96. The highest BCUT2D eigenvalue weighted by molar-refractivity contribution is 6.06. The van der Waals surface area contributed by atoms with E-state index in [2.05, 4.69) is 34.3 Å². The number of nitrogens with one attached hydrogen (secondary N) is 1. The van der Waals surface area contributed by atoms with Crippen molar-refractivity contribution in [3.8, 4) is 17.1 Å². The zero-order chi connectivity index (χ0) is 23.7. The Kier molecular flexibility index (Phi) is 5.63. The lowest BCUT2D eigenvalue weighted by Crippen LogP contribution is -2.23. The average Bonchev–Trinajstić information content (AvgIpc) is 3.53. The van der Waals surface area contributed by atoms with Crippen LogP contribution in [0.4, 0.5) is 0 Å². The SMILES string of the molecule is Cc1ccccc1-c1cc(C(=O)NCc2ccnc(-n3cccn3)c2)c2cnn(C(C)C)c2n1. The molecule has 34 heavy (non-hydrogen) atoms. The molecule has 0 atom stereocenters. The number of aromatic nitrogens is 6. The van der Waals surface area contributed by atoms with Crippen molar-refractivity contribution in [1.29, 1.82) is 0 Å². The van der Waals surface area contributed by atoms with E-state index in [1.807, 2.05) is 66.3 Å². The van der Waals surface area contributed by atoms with Crippen LogP contribution in [0.25, 0.3) is 28.1 Å². The van der Waals surface area contributed by atoms with Crippen molar-refractivity contribution in [2.24, 2.45) is 0 Å². The molecule has 0 fully saturated rings. The average molecular weight is 452 g/mol. The van der Waals surface area contributed by atoms with Crippen LogP contribution in [0.5, 0.6) is 0 Å². The highest BCUT2D eigenvalue weighted by atomic mass is 16.1. The van der Waals surface area contributed by atoms with Crippen LogP contribution in [-0.2, 0) is 6.54 Å². The van der Waals surface area contributed by atoms with Crippen LogP contribution in [0.1, 0.15) is 41.4 Å². The zero-order valence-electron chi connectivity index (χ0n) is 19.3. The van der Waals surface area contributed by atoms with Gasteiger partial charge in [-0.2, -0.15) is 10.2 Å². The first-order valence-electron chi connectivity index (χ1n) is 11.2. The molecule has 0 bridgehead atoms. The van der Waals surface area contributed by atoms with Crippen molar-refractivity contribution >= 4 is 16.9 Å². The molecule has 4 heterocycles. The summed E-state index contributed by atoms with van der Waals surface area (Å²) in [5, 5.41) is 12.5. The Bertz CT molecular complexity index is 1470. The van der Waals surface area contributed by atoms with E-state index in [1.54, 1.807) is 23.3 Å². The van der Waals surface area contributed by atoms with E-state index in [1.165, 1.54) is 0 Å². The number of hydrogen-bond donors (Lipinski definition) is 1. The van der Waals surface area contributed by atoms with Gasteiger partial charge in [0.15, 0.2) is 11.5 Å². The number of nitrogens with zero attached hydrogens (tertiary/aromatic N) is 6. The van der Waals surface area contributed by atoms with Crippen molar-refractivity contribution in [2.45, 2.75) is 33.4 Å². The third-order valence-corrected chi connectivity index (χ3v) is 5.72. The molecule has 0 radical (unpaired) electrons. The molecule has 8 heteroatoms. The van der Waals surface area contributed by atoms with Gasteiger partial charge in [-0.25, -0.2) is 19.3 Å². The zero-order valence-corrected chi connectivity index (χ0v) is 19.3. The van der Waals surface area contributed by atoms with Gasteiger partial charge in [0.1, 0.15) is 0 Å². The van der Waals surface area contributed by atoms with Gasteiger partial charge in [0, 0.05) is 36.7 Å². The van der Waals surface area contributed by atoms with Gasteiger partial charge in [-0.15, -0.1) is 0 Å². The first-order chi connectivity index (χ1) is 16.5. The minimum absolute atomic E-state index is 0.116. The van der Waals surface area contributed by atoms with Gasteiger partial charge in [-0.1, -0.05) is 24.3 Å². The number of fused-ring (bicyclic) bond motifs is 1. The molecule has 1 aromatic carbocycles. The minimum atomic E-state index is -0.178. The molecule has 5 aromatic rings. The van der Waals surface area contributed by atoms with Crippen molar-refractivity contribution in [3.05, 3.63) is 90.0 Å². The van der Waals surface area contributed by atoms with Crippen LogP contribution in [-0.4, -0.2) is 35.4 Å². The third-order valence-electron chi connectivity index (χ3n) is 5.72. The maximum absolute atomic E-state index is 13.4. The summed E-state index contributed by atoms with van der Waals surface area (Å²) in [6.07, 6.45) is 6.97. The Hall–Kier alpha value is -4.33. The second kappa shape index (κ2) is 8.90. The summed E-state index contributed by atoms with van der Waals surface area (Å²) >= 11 is 0. The van der Waals surface area contributed by atoms with E-state index in [-0.39, 0.29) is 11.9 Å². The van der Waals surface area contributed by atoms with E-state index in [4.69, 9.17) is 4.98 Å². The number of benzene rings is 1. The molecule has 8 nitrogen and oxygen atoms in total. The largest absolute Gasteiger partial charge is 0.348 e. The second-order valence-corrected chi connectivity index (χ2v) is 8.45. The van der Waals surface area contributed by atoms with Crippen LogP contribution in [0.15, 0.2) is 73.3 Å². The summed E-state index contributed by atoms with van der Waals surface area (Å²) in [7, 11) is 0. The Balaban J connectivity index is 1.49. The van der Waals surface area contributed by atoms with Gasteiger partial charge in [0.05, 0.1) is 22.8 Å². The summed E-state index contributed by atoms with van der Waals surface area (Å²) in [5.74, 6) is 0.520. The number of aryl methyl sites for hydroxylation is 1. The van der Waals surface area contributed by atoms with Gasteiger partial charge in [0.25, 0.3) is 5.91 Å². The van der Waals surface area contributed by atoms with Crippen LogP contribution >= 0.6 is 0 Å². The van der Waals surface area contributed by atoms with Crippen molar-refractivity contribution < 1.29 is 4.79 Å². The van der Waals surface area contributed by atoms with Gasteiger partial charge in [0.2, 0.25) is 0 Å². The Morgan fingerprint density at radius 3 is 2.68 bits per heavy atom. The second-order valence-electron chi connectivity index (χ2n) is 8.45. The van der Waals surface area contributed by atoms with E-state index in [0.717, 1.165) is 27.8 Å². The van der Waals surface area contributed by atoms with Crippen molar-refractivity contribution in [1.82, 2.24) is 34.8 Å². The highest BCUT2D eigenvalue weighted by Gasteiger charge is 2.19. The lowest BCUT2D eigenvalue weighted by Gasteiger charge is -2.12. The van der Waals surface area contributed by atoms with E-state index in [0.29, 0.717) is 23.6 Å². The molecule has 4 aromatic heterocycles. The molecule has 1 amide bonds. The summed E-state index contributed by atoms with van der Waals surface area (Å²) in [5.41, 5.74) is 5.02. The summed E-state index contributed by atoms with van der Waals surface area (Å²) in [4.78, 5) is 22.6. The third kappa shape index (κ3) is 4.05. The summed E-state index contributed by atoms with van der Waals surface area (Å²) in [6.45, 7) is 6.50. The monoisotopic (exact) mass is 451 g/mol. The number of rotatable bonds is 6. The van der Waals surface area contributed by atoms with Crippen LogP contribution in [0.2, 0.25) is 0 Å². The normalized spacial score (nSPS) is 11.3. The number of hydrogen-bond acceptors (Lipinski definition) is 5. The minimum Gasteiger partial charge on any atom is -0.348 e. The molecule has 0 saturated carbocycles. The van der Waals surface area contributed by atoms with Gasteiger partial charge in [-0.3, -0.25) is 4.79 Å². The summed E-state index contributed by atoms with van der Waals surface area (Å²) in [6, 6.07) is 15.6. The predicted molar refractivity (Wildman–Crippen MR) is 131 cm³/mol. The molecule has 0 spiro atoms. The quantitative estimate of drug-likeness (QED) is 0.411. The number of pyridine rings is 2. The van der Waals surface area contributed by atoms with Gasteiger partial charge < -0.3 is 5.32 Å². The highest BCUT2D eigenvalue weighted by Crippen LogP contribution is 2.28. The van der Waals surface area contributed by atoms with Crippen molar-refractivity contribution in [3.63, 3.8) is 0 Å². The van der Waals surface area contributed by atoms with Crippen LogP contribution in [0.3, 0.4) is 0 Å². The van der Waals surface area contributed by atoms with Crippen LogP contribution in [0, 0.1) is 6.92 Å². The first-order valence-corrected chi connectivity index (χ1v) is 11.2. The Labute approximate surface area is 197 Å². The predicted octanol–water partition coefficient (Wildman–Crippen LogP) is 4.50. The molecule has 0 unspecified atom stereocenters. The van der Waals surface area contributed by atoms with Gasteiger partial charge >= 0.3 is 0 Å². The maximum atomic E-state index is 13.4. The molecule has 5 rings (SSSR count). The molecule has 0 aliphatic carbocycles. The molecule has 0 aliphatic heterocycles. The molecule has 1 N–H and O–H groups in total. The smallest absolute Gasteiger partial charge is 0.252 e. The van der Waals surface area contributed by atoms with Crippen molar-refractivity contribution in [2.75, 3.05) is 0 Å². The molecular weight excluding hydrogens is 426 g/mol. The van der Waals surface area contributed by atoms with E-state index in [9.17, 15) is 4.79 Å². The van der Waals surface area contributed by atoms with Gasteiger partial charge in [-0.05, 0) is 56.2 Å². The van der Waals surface area contributed by atoms with Crippen LogP contribution < -0.4 is 5.32 Å². The number of amides is 1. The lowest BCUT2D eigenvalue weighted by molar-refractivity contribution is 0.0952. The number of carbonyl (C=O) groups excluding carboxylic acids is 1. The van der Waals surface area contributed by atoms with E-state index >= 15 is 0 Å². The number of carbonyl (C=O) groups is 1. The molecular formula is C26H25N7O. The molecule has 170 valence electrons. The topological polar surface area (TPSA) is 90.5 Å². The first kappa shape index (κ1) is 21.5. The fraction of sp³-hybridized carbons (Fsp3) is 0.192. The lowest BCUT2D eigenvalue weighted by atomic mass is 10.0. The fourth-order valence-electron chi connectivity index (χ4n) is 3.96. The standard InChI is InChI=1S/C26H25N7O/c1-17(2)33-25-22(16-30-33)21(14-23(31-25)20-8-5-4-7-18(20)3)26(34)28-15-19-9-11-27-24(13-19)32-12-6-10-29-32/h4-14,16-17H,15H2,1-3H3,(H,28,34). The molecule has 0 aliphatic rings. The van der Waals surface area contributed by atoms with E-state index < -0.39 is 0 Å².